The molecule has 2 aromatic rings. The van der Waals surface area contributed by atoms with E-state index in [0.29, 0.717) is 93.4 Å². The van der Waals surface area contributed by atoms with Crippen molar-refractivity contribution in [3.8, 4) is 11.8 Å². The van der Waals surface area contributed by atoms with Crippen LogP contribution in [0.15, 0.2) is 76.9 Å². The third-order valence-corrected chi connectivity index (χ3v) is 11.2. The van der Waals surface area contributed by atoms with E-state index in [1.807, 2.05) is 24.0 Å². The largest absolute Gasteiger partial charge is 0.504 e. The maximum absolute atomic E-state index is 15.4. The first-order valence-corrected chi connectivity index (χ1v) is 19.9. The highest BCUT2D eigenvalue weighted by molar-refractivity contribution is 6.34. The number of hydrogen-bond acceptors (Lipinski definition) is 10. The lowest BCUT2D eigenvalue weighted by molar-refractivity contribution is -0.141. The second-order valence-electron chi connectivity index (χ2n) is 15.0. The second kappa shape index (κ2) is 19.2. The Labute approximate surface area is 353 Å². The van der Waals surface area contributed by atoms with E-state index in [2.05, 4.69) is 10.3 Å². The number of alkyl halides is 3. The summed E-state index contributed by atoms with van der Waals surface area (Å²) >= 11 is 6.64. The number of rotatable bonds is 8. The van der Waals surface area contributed by atoms with Crippen LogP contribution < -0.4 is 10.1 Å². The van der Waals surface area contributed by atoms with Crippen LogP contribution in [-0.4, -0.2) is 112 Å². The number of anilines is 1. The van der Waals surface area contributed by atoms with Gasteiger partial charge in [-0.25, -0.2) is 9.38 Å². The molecule has 19 heteroatoms. The zero-order valence-corrected chi connectivity index (χ0v) is 33.8. The van der Waals surface area contributed by atoms with Crippen molar-refractivity contribution in [1.29, 1.82) is 5.26 Å². The maximum Gasteiger partial charge on any atom is 0.448 e. The zero-order valence-electron chi connectivity index (χ0n) is 33.0. The molecule has 1 aliphatic carbocycles. The average Bonchev–Trinajstić information content (AvgIpc) is 3.61. The molecule has 0 bridgehead atoms. The van der Waals surface area contributed by atoms with Gasteiger partial charge in [0.05, 0.1) is 34.4 Å². The van der Waals surface area contributed by atoms with E-state index in [-0.39, 0.29) is 46.2 Å². The smallest absolute Gasteiger partial charge is 0.448 e. The van der Waals surface area contributed by atoms with Gasteiger partial charge in [-0.1, -0.05) is 30.7 Å². The van der Waals surface area contributed by atoms with Crippen molar-refractivity contribution in [3.05, 3.63) is 99.7 Å². The van der Waals surface area contributed by atoms with E-state index in [9.17, 15) is 37.1 Å². The number of aliphatic imine (C=N–C) groups is 1. The molecule has 2 saturated heterocycles. The van der Waals surface area contributed by atoms with Crippen LogP contribution in [0.5, 0.6) is 5.75 Å². The summed E-state index contributed by atoms with van der Waals surface area (Å²) in [7, 11) is 0. The number of likely N-dealkylation sites (tertiary alicyclic amines) is 1. The van der Waals surface area contributed by atoms with Crippen molar-refractivity contribution in [2.45, 2.75) is 45.2 Å². The molecule has 0 radical (unpaired) electrons. The number of nitriles is 1. The summed E-state index contributed by atoms with van der Waals surface area (Å²) in [5.41, 5.74) is 2.02. The number of carbonyl (C=O) groups is 3. The van der Waals surface area contributed by atoms with Crippen molar-refractivity contribution in [2.75, 3.05) is 57.7 Å². The summed E-state index contributed by atoms with van der Waals surface area (Å²) in [5.74, 6) is -5.26. The number of hydrogen-bond donors (Lipinski definition) is 3. The van der Waals surface area contributed by atoms with E-state index in [4.69, 9.17) is 26.7 Å². The number of fused-ring (bicyclic) bond motifs is 1. The molecular formula is C42H43ClF5N7O6. The van der Waals surface area contributed by atoms with Gasteiger partial charge in [0, 0.05) is 56.4 Å². The van der Waals surface area contributed by atoms with Crippen molar-refractivity contribution in [1.82, 2.24) is 19.6 Å². The molecule has 61 heavy (non-hydrogen) atoms. The van der Waals surface area contributed by atoms with E-state index < -0.39 is 42.1 Å². The van der Waals surface area contributed by atoms with Crippen molar-refractivity contribution >= 4 is 46.6 Å². The first-order valence-electron chi connectivity index (χ1n) is 19.6. The number of nitrogens with zero attached hydrogens (tertiary/aromatic N) is 6. The van der Waals surface area contributed by atoms with Gasteiger partial charge in [0.15, 0.2) is 29.8 Å². The normalized spacial score (nSPS) is 20.1. The summed E-state index contributed by atoms with van der Waals surface area (Å²) in [6, 6.07) is 9.40. The number of carboxylic acid groups (broad SMARTS) is 1. The van der Waals surface area contributed by atoms with Crippen LogP contribution in [0.2, 0.25) is 5.02 Å². The van der Waals surface area contributed by atoms with Gasteiger partial charge in [0.2, 0.25) is 11.7 Å². The molecule has 2 atom stereocenters. The Kier molecular flexibility index (Phi) is 14.0. The number of carbonyl (C=O) groups excluding carboxylic acids is 2. The van der Waals surface area contributed by atoms with Gasteiger partial charge in [0.25, 0.3) is 5.91 Å². The summed E-state index contributed by atoms with van der Waals surface area (Å²) in [5, 5.41) is 29.9. The first-order chi connectivity index (χ1) is 29.0. The summed E-state index contributed by atoms with van der Waals surface area (Å²) < 4.78 is 70.2. The highest BCUT2D eigenvalue weighted by atomic mass is 35.5. The molecule has 5 aliphatic rings. The topological polar surface area (TPSA) is 162 Å². The molecule has 2 amide bonds. The molecule has 4 aliphatic heterocycles. The predicted octanol–water partition coefficient (Wildman–Crippen LogP) is 7.32. The number of amidine groups is 1. The lowest BCUT2D eigenvalue weighted by Gasteiger charge is -2.35. The van der Waals surface area contributed by atoms with Crippen molar-refractivity contribution in [2.24, 2.45) is 16.8 Å². The number of aliphatic hydroxyl groups is 1. The number of carboxylic acids is 1. The van der Waals surface area contributed by atoms with E-state index in [1.54, 1.807) is 45.2 Å². The monoisotopic (exact) mass is 871 g/mol. The molecule has 2 unspecified atom stereocenters. The number of piperazine rings is 1. The average molecular weight is 872 g/mol. The quantitative estimate of drug-likeness (QED) is 0.181. The second-order valence-corrected chi connectivity index (χ2v) is 15.4. The molecule has 0 spiro atoms. The van der Waals surface area contributed by atoms with Crippen LogP contribution in [0.25, 0.3) is 5.70 Å². The molecule has 4 heterocycles. The van der Waals surface area contributed by atoms with Gasteiger partial charge in [-0.2, -0.15) is 22.8 Å². The number of amides is 2. The van der Waals surface area contributed by atoms with E-state index in [0.717, 1.165) is 6.42 Å². The van der Waals surface area contributed by atoms with Crippen molar-refractivity contribution < 1.29 is 51.3 Å². The number of ether oxygens (including phenoxy) is 1. The van der Waals surface area contributed by atoms with Gasteiger partial charge in [-0.05, 0) is 80.5 Å². The number of halogens is 6. The van der Waals surface area contributed by atoms with Gasteiger partial charge in [0.1, 0.15) is 6.07 Å². The summed E-state index contributed by atoms with van der Waals surface area (Å²) in [6.45, 7) is 4.02. The Morgan fingerprint density at radius 1 is 1.02 bits per heavy atom. The zero-order chi connectivity index (χ0) is 44.0. The van der Waals surface area contributed by atoms with Crippen LogP contribution in [0, 0.1) is 34.8 Å². The number of benzene rings is 2. The Balaban J connectivity index is 0.000000546. The van der Waals surface area contributed by atoms with Crippen LogP contribution in [0.1, 0.15) is 54.9 Å². The van der Waals surface area contributed by atoms with Gasteiger partial charge < -0.3 is 35.0 Å². The highest BCUT2D eigenvalue weighted by Gasteiger charge is 2.38. The molecule has 13 nitrogen and oxygen atoms in total. The molecule has 0 aromatic heterocycles. The van der Waals surface area contributed by atoms with Crippen LogP contribution >= 0.6 is 11.6 Å². The van der Waals surface area contributed by atoms with E-state index >= 15 is 4.39 Å². The molecule has 324 valence electrons. The Morgan fingerprint density at radius 2 is 1.74 bits per heavy atom. The molecule has 3 fully saturated rings. The number of aliphatic hydroxyl groups excluding tert-OH is 1. The minimum atomic E-state index is -4.53. The Morgan fingerprint density at radius 3 is 2.34 bits per heavy atom. The fourth-order valence-corrected chi connectivity index (χ4v) is 7.58. The Hall–Kier alpha value is -5.93. The Bertz CT molecular complexity index is 2240. The number of aliphatic carboxylic acids is 1. The van der Waals surface area contributed by atoms with Gasteiger partial charge >= 0.3 is 12.1 Å². The predicted molar refractivity (Wildman–Crippen MR) is 215 cm³/mol. The van der Waals surface area contributed by atoms with Gasteiger partial charge in [-0.15, -0.1) is 0 Å². The molecule has 2 aromatic carbocycles. The van der Waals surface area contributed by atoms with E-state index in [1.165, 1.54) is 18.3 Å². The molecular weight excluding hydrogens is 829 g/mol. The standard InChI is InChI=1S/C36H36ClF2N7O5.C6H7F3O/c1-22-2-6-28-34(41-10-12-46(28)29(18-22)26-5-7-30(51-17-9-40)33(39)32(26)38)42-24-3-4-25(27(37)19-24)35(48)45-15-13-44(14-16-45)31(47)21-43-11-8-23(20-43)36(49)50;7-6(8,9)5(10)4-2-1-3-4/h3-7,10,12,18-19,22-23H,2,8,11,13-17,20-21H2,1H3,(H,41,42)(H,49,50);10H,1-3H2. The lowest BCUT2D eigenvalue weighted by Crippen LogP contribution is -2.52. The first kappa shape index (κ1) is 44.6. The summed E-state index contributed by atoms with van der Waals surface area (Å²) in [6.07, 6.45) is 5.12. The molecule has 1 saturated carbocycles. The SMILES string of the molecule is CC1C=C(c2ccc(OCC#N)c(F)c2F)N2C=CN=C(Nc3ccc(C(=O)N4CCN(C(=O)CN5CCC(C(=O)O)C5)CC4)c(Cl)c3)C2=CC1.OC(=C1CCC1)C(F)(F)F. The third kappa shape index (κ3) is 10.5. The van der Waals surface area contributed by atoms with Crippen LogP contribution in [0.3, 0.4) is 0 Å². The van der Waals surface area contributed by atoms with Crippen molar-refractivity contribution in [3.63, 3.8) is 0 Å². The number of nitrogens with one attached hydrogen (secondary N) is 1. The fraction of sp³-hybridized carbons (Fsp3) is 0.405. The minimum absolute atomic E-state index is 0.0129. The third-order valence-electron chi connectivity index (χ3n) is 10.8. The lowest BCUT2D eigenvalue weighted by atomic mass is 9.91. The molecule has 3 N–H and O–H groups in total. The van der Waals surface area contributed by atoms with Crippen LogP contribution in [0.4, 0.5) is 27.6 Å². The maximum atomic E-state index is 15.4. The number of allylic oxidation sites excluding steroid dienone is 4. The fourth-order valence-electron chi connectivity index (χ4n) is 7.31. The van der Waals surface area contributed by atoms with Gasteiger partial charge in [-0.3, -0.25) is 19.3 Å². The highest BCUT2D eigenvalue weighted by Crippen LogP contribution is 2.37. The van der Waals surface area contributed by atoms with Crippen LogP contribution in [-0.2, 0) is 9.59 Å². The minimum Gasteiger partial charge on any atom is -0.504 e. The summed E-state index contributed by atoms with van der Waals surface area (Å²) in [4.78, 5) is 49.0. The molecule has 7 rings (SSSR count).